The number of primary amides is 1. The Kier molecular flexibility index (Phi) is 7.42. The number of aliphatic hydroxyl groups is 3. The van der Waals surface area contributed by atoms with E-state index in [0.717, 1.165) is 0 Å². The number of carbonyl (C=O) groups is 4. The number of nitrogens with two attached hydrogens (primary N) is 1. The summed E-state index contributed by atoms with van der Waals surface area (Å²) in [5.74, 6) is -7.46. The van der Waals surface area contributed by atoms with Crippen molar-refractivity contribution in [1.29, 1.82) is 0 Å². The molecule has 5 rings (SSSR count). The smallest absolute Gasteiger partial charge is 0.255 e. The number of phenolic OH excluding ortho intramolecular Hbond substituents is 1. The van der Waals surface area contributed by atoms with Crippen molar-refractivity contribution >= 4 is 23.4 Å². The molecule has 2 amide bonds. The van der Waals surface area contributed by atoms with Gasteiger partial charge >= 0.3 is 0 Å². The third-order valence-electron chi connectivity index (χ3n) is 8.99. The summed E-state index contributed by atoms with van der Waals surface area (Å²) in [6.07, 6.45) is 3.06. The minimum atomic E-state index is -2.72. The van der Waals surface area contributed by atoms with Crippen molar-refractivity contribution in [3.05, 3.63) is 81.1 Å². The van der Waals surface area contributed by atoms with Crippen molar-refractivity contribution in [1.82, 2.24) is 15.2 Å². The highest BCUT2D eigenvalue weighted by Gasteiger charge is 2.63. The second-order valence-corrected chi connectivity index (χ2v) is 12.9. The summed E-state index contributed by atoms with van der Waals surface area (Å²) in [6, 6.07) is 3.91. The van der Waals surface area contributed by atoms with Crippen molar-refractivity contribution in [3.8, 4) is 5.75 Å². The van der Waals surface area contributed by atoms with E-state index in [-0.39, 0.29) is 42.2 Å². The van der Waals surface area contributed by atoms with Crippen molar-refractivity contribution < 1.29 is 39.6 Å². The molecule has 3 aliphatic carbocycles. The first kappa shape index (κ1) is 30.9. The highest BCUT2D eigenvalue weighted by atomic mass is 16.3. The lowest BCUT2D eigenvalue weighted by Gasteiger charge is -2.50. The molecular formula is C32H36N4O8. The first-order valence-corrected chi connectivity index (χ1v) is 14.2. The molecule has 0 radical (unpaired) electrons. The van der Waals surface area contributed by atoms with Gasteiger partial charge in [-0.25, -0.2) is 0 Å². The number of nitrogens with one attached hydrogen (secondary N) is 1. The minimum absolute atomic E-state index is 0.0160. The summed E-state index contributed by atoms with van der Waals surface area (Å²) in [5.41, 5.74) is 2.65. The molecule has 2 aromatic rings. The summed E-state index contributed by atoms with van der Waals surface area (Å²) < 4.78 is 0. The maximum absolute atomic E-state index is 14.2. The van der Waals surface area contributed by atoms with Gasteiger partial charge in [-0.05, 0) is 67.6 Å². The number of likely N-dealkylation sites (N-methyl/N-ethyl adjacent to an activating group) is 1. The largest absolute Gasteiger partial charge is 0.510 e. The zero-order chi connectivity index (χ0) is 32.5. The van der Waals surface area contributed by atoms with Gasteiger partial charge < -0.3 is 31.5 Å². The van der Waals surface area contributed by atoms with E-state index in [9.17, 15) is 39.6 Å². The fourth-order valence-electron chi connectivity index (χ4n) is 6.90. The molecule has 1 aromatic heterocycles. The van der Waals surface area contributed by atoms with Crippen molar-refractivity contribution in [2.75, 3.05) is 14.1 Å². The van der Waals surface area contributed by atoms with E-state index < -0.39 is 63.5 Å². The number of amides is 2. The van der Waals surface area contributed by atoms with Gasteiger partial charge in [0, 0.05) is 36.0 Å². The number of benzene rings is 1. The Balaban J connectivity index is 1.67. The van der Waals surface area contributed by atoms with Crippen LogP contribution in [-0.4, -0.2) is 79.4 Å². The molecule has 0 fully saturated rings. The number of aromatic hydroxyl groups is 1. The monoisotopic (exact) mass is 604 g/mol. The van der Waals surface area contributed by atoms with Crippen molar-refractivity contribution in [3.63, 3.8) is 0 Å². The Morgan fingerprint density at radius 2 is 1.86 bits per heavy atom. The lowest BCUT2D eigenvalue weighted by molar-refractivity contribution is -0.148. The van der Waals surface area contributed by atoms with E-state index >= 15 is 0 Å². The molecule has 12 nitrogen and oxygen atoms in total. The predicted molar refractivity (Wildman–Crippen MR) is 158 cm³/mol. The van der Waals surface area contributed by atoms with E-state index in [4.69, 9.17) is 5.73 Å². The average Bonchev–Trinajstić information content (AvgIpc) is 2.93. The molecule has 44 heavy (non-hydrogen) atoms. The van der Waals surface area contributed by atoms with Crippen LogP contribution in [0.15, 0.2) is 53.3 Å². The number of hydrogen-bond donors (Lipinski definition) is 6. The topological polar surface area (TPSA) is 203 Å². The van der Waals surface area contributed by atoms with E-state index in [1.54, 1.807) is 38.5 Å². The van der Waals surface area contributed by atoms with Gasteiger partial charge in [0.25, 0.3) is 11.8 Å². The first-order chi connectivity index (χ1) is 20.5. The number of fused-ring (bicyclic) bond motifs is 3. The lowest BCUT2D eigenvalue weighted by atomic mass is 9.58. The molecule has 232 valence electrons. The van der Waals surface area contributed by atoms with Crippen LogP contribution in [0, 0.1) is 11.8 Å². The van der Waals surface area contributed by atoms with Gasteiger partial charge in [-0.3, -0.25) is 29.1 Å². The van der Waals surface area contributed by atoms with Crippen LogP contribution < -0.4 is 11.1 Å². The van der Waals surface area contributed by atoms with Crippen LogP contribution in [-0.2, 0) is 28.0 Å². The maximum Gasteiger partial charge on any atom is 0.255 e. The number of phenols is 1. The van der Waals surface area contributed by atoms with Crippen LogP contribution in [0.3, 0.4) is 0 Å². The number of rotatable bonds is 5. The molecule has 4 atom stereocenters. The Hall–Kier alpha value is -4.55. The molecule has 0 bridgehead atoms. The van der Waals surface area contributed by atoms with Gasteiger partial charge in [-0.2, -0.15) is 0 Å². The molecule has 0 unspecified atom stereocenters. The second kappa shape index (κ2) is 10.6. The third-order valence-corrected chi connectivity index (χ3v) is 8.99. The van der Waals surface area contributed by atoms with Crippen LogP contribution >= 0.6 is 0 Å². The van der Waals surface area contributed by atoms with Crippen LogP contribution in [0.1, 0.15) is 64.6 Å². The number of aliphatic hydroxyl groups excluding tert-OH is 2. The maximum atomic E-state index is 14.2. The number of ketones is 2. The summed E-state index contributed by atoms with van der Waals surface area (Å²) in [6.45, 7) is 5.56. The molecule has 1 heterocycles. The van der Waals surface area contributed by atoms with Gasteiger partial charge in [-0.1, -0.05) is 20.8 Å². The third kappa shape index (κ3) is 4.56. The lowest BCUT2D eigenvalue weighted by Crippen LogP contribution is -2.63. The number of hydrogen-bond acceptors (Lipinski definition) is 10. The highest BCUT2D eigenvalue weighted by Crippen LogP contribution is 2.53. The molecule has 0 saturated heterocycles. The number of carbonyl (C=O) groups excluding carboxylic acids is 4. The molecular weight excluding hydrogens is 568 g/mol. The van der Waals surface area contributed by atoms with Crippen LogP contribution in [0.4, 0.5) is 0 Å². The quantitative estimate of drug-likeness (QED) is 0.273. The number of allylic oxidation sites excluding steroid dienone is 1. The standard InChI is InChI=1S/C32H36N4O8/c1-31(2,3)19-11-16(13-35-30(43)14-7-6-8-34-12-14)17-9-15-10-18-23(36(4)5)26(39)22(29(33)42)28(41)32(18,44)27(40)20(15)25(38)21(17)24(19)37/h6-8,11-12,15,18,23,37,39-40,44H,9-10,13H2,1-5H3,(H2,33,42)(H,35,43)/t15-,18-,23-,32-/m0/s1. The Labute approximate surface area is 253 Å². The number of aromatic nitrogens is 1. The average molecular weight is 605 g/mol. The fourth-order valence-corrected chi connectivity index (χ4v) is 6.90. The number of nitrogens with zero attached hydrogens (tertiary/aromatic N) is 2. The van der Waals surface area contributed by atoms with Gasteiger partial charge in [0.2, 0.25) is 5.78 Å². The summed E-state index contributed by atoms with van der Waals surface area (Å²) in [5, 5.41) is 48.7. The molecule has 0 saturated carbocycles. The van der Waals surface area contributed by atoms with Crippen molar-refractivity contribution in [2.45, 2.75) is 57.2 Å². The van der Waals surface area contributed by atoms with Gasteiger partial charge in [0.15, 0.2) is 11.4 Å². The zero-order valence-electron chi connectivity index (χ0n) is 25.1. The number of Topliss-reactive ketones (excluding diaryl/α,β-unsaturated/α-hetero) is 2. The minimum Gasteiger partial charge on any atom is -0.510 e. The molecule has 0 spiro atoms. The Morgan fingerprint density at radius 3 is 2.43 bits per heavy atom. The van der Waals surface area contributed by atoms with Gasteiger partial charge in [0.1, 0.15) is 22.8 Å². The summed E-state index contributed by atoms with van der Waals surface area (Å²) in [4.78, 5) is 58.3. The molecule has 1 aromatic carbocycles. The highest BCUT2D eigenvalue weighted by molar-refractivity contribution is 6.24. The van der Waals surface area contributed by atoms with E-state index in [0.29, 0.717) is 22.3 Å². The zero-order valence-corrected chi connectivity index (χ0v) is 25.1. The predicted octanol–water partition coefficient (Wildman–Crippen LogP) is 1.74. The summed E-state index contributed by atoms with van der Waals surface area (Å²) in [7, 11) is 3.14. The molecule has 3 aliphatic rings. The van der Waals surface area contributed by atoms with E-state index in [1.807, 2.05) is 20.8 Å². The molecule has 12 heteroatoms. The van der Waals surface area contributed by atoms with Crippen molar-refractivity contribution in [2.24, 2.45) is 17.6 Å². The van der Waals surface area contributed by atoms with Gasteiger partial charge in [0.05, 0.1) is 17.2 Å². The van der Waals surface area contributed by atoms with Crippen LogP contribution in [0.25, 0.3) is 0 Å². The summed E-state index contributed by atoms with van der Waals surface area (Å²) >= 11 is 0. The normalized spacial score (nSPS) is 25.0. The second-order valence-electron chi connectivity index (χ2n) is 12.9. The Morgan fingerprint density at radius 1 is 1.18 bits per heavy atom. The number of pyridine rings is 1. The van der Waals surface area contributed by atoms with Crippen LogP contribution in [0.5, 0.6) is 5.75 Å². The van der Waals surface area contributed by atoms with Gasteiger partial charge in [-0.15, -0.1) is 0 Å². The van der Waals surface area contributed by atoms with Crippen LogP contribution in [0.2, 0.25) is 0 Å². The molecule has 0 aliphatic heterocycles. The Bertz CT molecular complexity index is 1670. The fraction of sp³-hybridized carbons (Fsp3) is 0.406. The first-order valence-electron chi connectivity index (χ1n) is 14.2. The van der Waals surface area contributed by atoms with E-state index in [2.05, 4.69) is 10.3 Å². The van der Waals surface area contributed by atoms with E-state index in [1.165, 1.54) is 11.1 Å². The molecule has 7 N–H and O–H groups in total. The SMILES string of the molecule is CN(C)[C@@H]1C(O)=C(C(N)=O)C(=O)[C@@]2(O)C(O)=C3C(=O)c4c(O)c(C(C)(C)C)cc(CNC(=O)c5cccnc5)c4C[C@H]3C[C@@H]12.